The predicted octanol–water partition coefficient (Wildman–Crippen LogP) is 5.43. The predicted molar refractivity (Wildman–Crippen MR) is 115 cm³/mol. The largest absolute Gasteiger partial charge is 0.352 e. The minimum Gasteiger partial charge on any atom is -0.352 e. The zero-order chi connectivity index (χ0) is 20.1. The zero-order valence-corrected chi connectivity index (χ0v) is 16.2. The Kier molecular flexibility index (Phi) is 3.72. The number of aromatic nitrogens is 6. The van der Waals surface area contributed by atoms with Crippen molar-refractivity contribution >= 4 is 33.3 Å². The van der Waals surface area contributed by atoms with Crippen molar-refractivity contribution < 1.29 is 4.39 Å². The summed E-state index contributed by atoms with van der Waals surface area (Å²) >= 11 is 1.10. The molecule has 0 saturated carbocycles. The van der Waals surface area contributed by atoms with Crippen molar-refractivity contribution in [2.75, 3.05) is 0 Å². The standard InChI is InChI=1S/C22H13FN6S/c23-20-6-5-19(30-20)14-10-25-11-18-13(14)8-17(26-18)22-21-16(28-29-22)4-3-15(27-21)12-2-1-7-24-9-12/h1-11,26H,(H,28,29). The molecule has 30 heavy (non-hydrogen) atoms. The summed E-state index contributed by atoms with van der Waals surface area (Å²) in [7, 11) is 0. The molecule has 6 aromatic heterocycles. The number of halogens is 1. The second-order valence-corrected chi connectivity index (χ2v) is 7.88. The van der Waals surface area contributed by atoms with E-state index in [1.807, 2.05) is 30.3 Å². The molecule has 0 spiro atoms. The molecule has 0 aliphatic carbocycles. The molecule has 0 saturated heterocycles. The van der Waals surface area contributed by atoms with E-state index < -0.39 is 0 Å². The summed E-state index contributed by atoms with van der Waals surface area (Å²) in [4.78, 5) is 17.5. The van der Waals surface area contributed by atoms with Gasteiger partial charge in [0.1, 0.15) is 11.2 Å². The Labute approximate surface area is 173 Å². The highest BCUT2D eigenvalue weighted by molar-refractivity contribution is 7.14. The van der Waals surface area contributed by atoms with E-state index in [1.165, 1.54) is 6.07 Å². The molecule has 6 rings (SSSR count). The number of nitrogens with zero attached hydrogens (tertiary/aromatic N) is 4. The first kappa shape index (κ1) is 17.0. The van der Waals surface area contributed by atoms with Gasteiger partial charge in [0.2, 0.25) is 0 Å². The fourth-order valence-corrected chi connectivity index (χ4v) is 4.35. The van der Waals surface area contributed by atoms with Crippen LogP contribution in [0.25, 0.3) is 55.0 Å². The summed E-state index contributed by atoms with van der Waals surface area (Å²) < 4.78 is 13.6. The highest BCUT2D eigenvalue weighted by Crippen LogP contribution is 2.35. The van der Waals surface area contributed by atoms with Gasteiger partial charge in [0, 0.05) is 40.0 Å². The Balaban J connectivity index is 1.52. The van der Waals surface area contributed by atoms with Crippen molar-refractivity contribution in [3.05, 3.63) is 72.4 Å². The highest BCUT2D eigenvalue weighted by atomic mass is 32.1. The maximum atomic E-state index is 13.6. The molecule has 0 bridgehead atoms. The molecule has 0 aliphatic heterocycles. The third-order valence-corrected chi connectivity index (χ3v) is 5.91. The molecule has 2 N–H and O–H groups in total. The number of nitrogens with one attached hydrogen (secondary N) is 2. The maximum Gasteiger partial charge on any atom is 0.176 e. The van der Waals surface area contributed by atoms with Crippen molar-refractivity contribution in [3.8, 4) is 33.1 Å². The van der Waals surface area contributed by atoms with E-state index in [9.17, 15) is 4.39 Å². The lowest BCUT2D eigenvalue weighted by Crippen LogP contribution is -1.86. The zero-order valence-electron chi connectivity index (χ0n) is 15.4. The van der Waals surface area contributed by atoms with Crippen LogP contribution >= 0.6 is 11.3 Å². The molecule has 8 heteroatoms. The molecular weight excluding hydrogens is 399 g/mol. The molecule has 6 aromatic rings. The molecule has 0 aromatic carbocycles. The van der Waals surface area contributed by atoms with Gasteiger partial charge in [0.15, 0.2) is 5.13 Å². The quantitative estimate of drug-likeness (QED) is 0.406. The van der Waals surface area contributed by atoms with Gasteiger partial charge in [-0.05, 0) is 42.5 Å². The monoisotopic (exact) mass is 412 g/mol. The summed E-state index contributed by atoms with van der Waals surface area (Å²) in [5.41, 5.74) is 6.65. The maximum absolute atomic E-state index is 13.6. The first-order valence-electron chi connectivity index (χ1n) is 9.24. The summed E-state index contributed by atoms with van der Waals surface area (Å²) in [6.07, 6.45) is 7.04. The van der Waals surface area contributed by atoms with Crippen molar-refractivity contribution in [1.82, 2.24) is 30.1 Å². The van der Waals surface area contributed by atoms with Crippen LogP contribution in [0, 0.1) is 5.13 Å². The van der Waals surface area contributed by atoms with Crippen LogP contribution in [-0.2, 0) is 0 Å². The van der Waals surface area contributed by atoms with Crippen LogP contribution in [0.1, 0.15) is 0 Å². The van der Waals surface area contributed by atoms with E-state index >= 15 is 0 Å². The first-order chi connectivity index (χ1) is 14.8. The number of thiophene rings is 1. The Morgan fingerprint density at radius 3 is 2.73 bits per heavy atom. The van der Waals surface area contributed by atoms with E-state index in [4.69, 9.17) is 4.98 Å². The van der Waals surface area contributed by atoms with Gasteiger partial charge >= 0.3 is 0 Å². The summed E-state index contributed by atoms with van der Waals surface area (Å²) in [6.45, 7) is 0. The number of aromatic amines is 2. The van der Waals surface area contributed by atoms with Crippen molar-refractivity contribution in [2.45, 2.75) is 0 Å². The van der Waals surface area contributed by atoms with Gasteiger partial charge in [0.25, 0.3) is 0 Å². The molecule has 6 heterocycles. The molecular formula is C22H13FN6S. The average molecular weight is 412 g/mol. The second kappa shape index (κ2) is 6.57. The summed E-state index contributed by atoms with van der Waals surface area (Å²) in [5.74, 6) is 0. The topological polar surface area (TPSA) is 83.1 Å². The third kappa shape index (κ3) is 2.69. The van der Waals surface area contributed by atoms with Gasteiger partial charge in [-0.25, -0.2) is 4.98 Å². The summed E-state index contributed by atoms with van der Waals surface area (Å²) in [5, 5.41) is 8.28. The molecule has 0 atom stereocenters. The van der Waals surface area contributed by atoms with Crippen molar-refractivity contribution in [1.29, 1.82) is 0 Å². The lowest BCUT2D eigenvalue weighted by atomic mass is 10.1. The molecule has 0 aliphatic rings. The van der Waals surface area contributed by atoms with E-state index in [0.29, 0.717) is 0 Å². The highest BCUT2D eigenvalue weighted by Gasteiger charge is 2.16. The molecule has 144 valence electrons. The average Bonchev–Trinajstić information content (AvgIpc) is 3.51. The van der Waals surface area contributed by atoms with Crippen LogP contribution < -0.4 is 0 Å². The number of hydrogen-bond acceptors (Lipinski definition) is 5. The van der Waals surface area contributed by atoms with Gasteiger partial charge in [-0.2, -0.15) is 9.49 Å². The SMILES string of the molecule is Fc1ccc(-c2cncc3[nH]c(-c4n[nH]c5ccc(-c6cccnc6)nc45)cc23)s1. The Hall–Kier alpha value is -3.91. The lowest BCUT2D eigenvalue weighted by Gasteiger charge is -2.00. The number of hydrogen-bond donors (Lipinski definition) is 2. The molecule has 0 amide bonds. The van der Waals surface area contributed by atoms with Crippen LogP contribution in [0.4, 0.5) is 4.39 Å². The number of H-pyrrole nitrogens is 2. The first-order valence-corrected chi connectivity index (χ1v) is 10.1. The third-order valence-electron chi connectivity index (χ3n) is 5.00. The van der Waals surface area contributed by atoms with Gasteiger partial charge in [-0.1, -0.05) is 0 Å². The van der Waals surface area contributed by atoms with Crippen LogP contribution in [-0.4, -0.2) is 30.1 Å². The Morgan fingerprint density at radius 1 is 0.933 bits per heavy atom. The van der Waals surface area contributed by atoms with Crippen molar-refractivity contribution in [3.63, 3.8) is 0 Å². The van der Waals surface area contributed by atoms with E-state index in [-0.39, 0.29) is 5.13 Å². The van der Waals surface area contributed by atoms with Crippen molar-refractivity contribution in [2.24, 2.45) is 0 Å². The van der Waals surface area contributed by atoms with E-state index in [0.717, 1.165) is 66.4 Å². The van der Waals surface area contributed by atoms with E-state index in [1.54, 1.807) is 30.9 Å². The molecule has 0 radical (unpaired) electrons. The summed E-state index contributed by atoms with van der Waals surface area (Å²) in [6, 6.07) is 13.0. The van der Waals surface area contributed by atoms with Gasteiger partial charge in [0.05, 0.1) is 28.6 Å². The number of fused-ring (bicyclic) bond motifs is 2. The van der Waals surface area contributed by atoms with Crippen LogP contribution in [0.5, 0.6) is 0 Å². The lowest BCUT2D eigenvalue weighted by molar-refractivity contribution is 0.657. The molecule has 0 fully saturated rings. The molecule has 6 nitrogen and oxygen atoms in total. The van der Waals surface area contributed by atoms with E-state index in [2.05, 4.69) is 25.1 Å². The molecule has 0 unspecified atom stereocenters. The normalized spacial score (nSPS) is 11.5. The van der Waals surface area contributed by atoms with Gasteiger partial charge in [-0.15, -0.1) is 11.3 Å². The smallest absolute Gasteiger partial charge is 0.176 e. The van der Waals surface area contributed by atoms with Gasteiger partial charge in [-0.3, -0.25) is 15.1 Å². The minimum atomic E-state index is -0.219. The number of rotatable bonds is 3. The Bertz CT molecular complexity index is 1520. The number of pyridine rings is 3. The Morgan fingerprint density at radius 2 is 1.90 bits per heavy atom. The van der Waals surface area contributed by atoms with Crippen LogP contribution in [0.3, 0.4) is 0 Å². The van der Waals surface area contributed by atoms with Gasteiger partial charge < -0.3 is 4.98 Å². The fourth-order valence-electron chi connectivity index (χ4n) is 3.60. The van der Waals surface area contributed by atoms with Crippen LogP contribution in [0.2, 0.25) is 0 Å². The minimum absolute atomic E-state index is 0.219. The van der Waals surface area contributed by atoms with Crippen LogP contribution in [0.15, 0.2) is 67.3 Å². The fraction of sp³-hybridized carbons (Fsp3) is 0. The second-order valence-electron chi connectivity index (χ2n) is 6.84.